The van der Waals surface area contributed by atoms with Crippen LogP contribution < -0.4 is 4.90 Å². The van der Waals surface area contributed by atoms with Crippen LogP contribution in [-0.2, 0) is 24.3 Å². The van der Waals surface area contributed by atoms with E-state index in [4.69, 9.17) is 4.74 Å². The average Bonchev–Trinajstić information content (AvgIpc) is 3.00. The van der Waals surface area contributed by atoms with Crippen LogP contribution in [0.5, 0.6) is 0 Å². The van der Waals surface area contributed by atoms with Crippen LogP contribution in [0, 0.1) is 6.92 Å². The second kappa shape index (κ2) is 10.3. The number of benzene rings is 2. The second-order valence-electron chi connectivity index (χ2n) is 9.12. The smallest absolute Gasteiger partial charge is 0.337 e. The number of imide groups is 1. The quantitative estimate of drug-likeness (QED) is 0.341. The predicted octanol–water partition coefficient (Wildman–Crippen LogP) is 3.83. The minimum Gasteiger partial charge on any atom is -0.465 e. The molecule has 1 unspecified atom stereocenters. The molecule has 1 heterocycles. The molecule has 2 aliphatic rings. The lowest BCUT2D eigenvalue weighted by molar-refractivity contribution is -0.122. The van der Waals surface area contributed by atoms with Crippen LogP contribution in [0.2, 0.25) is 0 Å². The molecule has 2 fully saturated rings. The van der Waals surface area contributed by atoms with Crippen LogP contribution in [0.25, 0.3) is 0 Å². The van der Waals surface area contributed by atoms with Crippen LogP contribution in [-0.4, -0.2) is 49.7 Å². The second-order valence-corrected chi connectivity index (χ2v) is 11.0. The van der Waals surface area contributed by atoms with Crippen molar-refractivity contribution in [2.45, 2.75) is 68.8 Å². The summed E-state index contributed by atoms with van der Waals surface area (Å²) in [5, 5.41) is 0. The van der Waals surface area contributed by atoms with E-state index in [0.29, 0.717) is 18.5 Å². The van der Waals surface area contributed by atoms with Crippen LogP contribution in [0.15, 0.2) is 53.4 Å². The molecule has 2 aromatic rings. The summed E-state index contributed by atoms with van der Waals surface area (Å²) in [6.07, 6.45) is 4.86. The van der Waals surface area contributed by atoms with Gasteiger partial charge in [0.25, 0.3) is 5.91 Å². The lowest BCUT2D eigenvalue weighted by atomic mass is 10.1. The molecule has 2 aromatic carbocycles. The molecule has 1 saturated carbocycles. The van der Waals surface area contributed by atoms with E-state index in [-0.39, 0.29) is 22.9 Å². The SMILES string of the molecule is COC(=O)c1ccc(N2C(=O)CC(N(C3CCCCCC3)S(=O)(=O)c3ccc(C)cc3)C2=O)cc1. The van der Waals surface area contributed by atoms with Gasteiger partial charge in [-0.05, 0) is 56.2 Å². The number of carbonyl (C=O) groups excluding carboxylic acids is 3. The van der Waals surface area contributed by atoms with E-state index in [0.717, 1.165) is 36.1 Å². The Morgan fingerprint density at radius 2 is 1.54 bits per heavy atom. The first-order chi connectivity index (χ1) is 16.7. The monoisotopic (exact) mass is 498 g/mol. The van der Waals surface area contributed by atoms with E-state index in [1.807, 2.05) is 6.92 Å². The lowest BCUT2D eigenvalue weighted by Crippen LogP contribution is -2.50. The Morgan fingerprint density at radius 1 is 0.943 bits per heavy atom. The number of methoxy groups -OCH3 is 1. The third kappa shape index (κ3) is 5.01. The molecule has 1 aliphatic carbocycles. The summed E-state index contributed by atoms with van der Waals surface area (Å²) in [5.41, 5.74) is 1.51. The maximum Gasteiger partial charge on any atom is 0.337 e. The fraction of sp³-hybridized carbons (Fsp3) is 0.423. The van der Waals surface area contributed by atoms with Crippen molar-refractivity contribution in [2.75, 3.05) is 12.0 Å². The minimum absolute atomic E-state index is 0.119. The van der Waals surface area contributed by atoms with Gasteiger partial charge in [0.1, 0.15) is 6.04 Å². The predicted molar refractivity (Wildman–Crippen MR) is 130 cm³/mol. The Morgan fingerprint density at radius 3 is 2.11 bits per heavy atom. The highest BCUT2D eigenvalue weighted by Gasteiger charge is 2.49. The Bertz CT molecular complexity index is 1200. The van der Waals surface area contributed by atoms with Crippen LogP contribution in [0.3, 0.4) is 0 Å². The topological polar surface area (TPSA) is 101 Å². The molecular formula is C26H30N2O6S. The molecule has 186 valence electrons. The van der Waals surface area contributed by atoms with Crippen LogP contribution >= 0.6 is 0 Å². The van der Waals surface area contributed by atoms with Gasteiger partial charge in [-0.1, -0.05) is 43.4 Å². The summed E-state index contributed by atoms with van der Waals surface area (Å²) >= 11 is 0. The molecule has 8 nitrogen and oxygen atoms in total. The molecule has 0 aromatic heterocycles. The highest BCUT2D eigenvalue weighted by Crippen LogP contribution is 2.35. The van der Waals surface area contributed by atoms with Crippen LogP contribution in [0.1, 0.15) is 60.9 Å². The molecule has 2 amide bonds. The van der Waals surface area contributed by atoms with Crippen molar-refractivity contribution in [1.82, 2.24) is 4.31 Å². The van der Waals surface area contributed by atoms with Crippen molar-refractivity contribution in [3.8, 4) is 0 Å². The summed E-state index contributed by atoms with van der Waals surface area (Å²) in [6.45, 7) is 1.88. The maximum atomic E-state index is 13.9. The van der Waals surface area contributed by atoms with Gasteiger partial charge in [0.15, 0.2) is 0 Å². The first kappa shape index (κ1) is 25.1. The molecule has 4 rings (SSSR count). The zero-order chi connectivity index (χ0) is 25.2. The van der Waals surface area contributed by atoms with Crippen molar-refractivity contribution >= 4 is 33.5 Å². The highest BCUT2D eigenvalue weighted by atomic mass is 32.2. The molecule has 1 aliphatic heterocycles. The maximum absolute atomic E-state index is 13.9. The molecular weight excluding hydrogens is 468 g/mol. The van der Waals surface area contributed by atoms with Gasteiger partial charge in [0.2, 0.25) is 15.9 Å². The first-order valence-corrected chi connectivity index (χ1v) is 13.3. The number of ether oxygens (including phenoxy) is 1. The average molecular weight is 499 g/mol. The summed E-state index contributed by atoms with van der Waals surface area (Å²) < 4.78 is 33.8. The van der Waals surface area contributed by atoms with Crippen molar-refractivity contribution in [2.24, 2.45) is 0 Å². The largest absolute Gasteiger partial charge is 0.465 e. The van der Waals surface area contributed by atoms with Crippen LogP contribution in [0.4, 0.5) is 5.69 Å². The van der Waals surface area contributed by atoms with Gasteiger partial charge in [-0.25, -0.2) is 18.1 Å². The Labute approximate surface area is 205 Å². The number of aryl methyl sites for hydroxylation is 1. The van der Waals surface area contributed by atoms with E-state index >= 15 is 0 Å². The Kier molecular flexibility index (Phi) is 7.37. The Hall–Kier alpha value is -3.04. The highest BCUT2D eigenvalue weighted by molar-refractivity contribution is 7.89. The summed E-state index contributed by atoms with van der Waals surface area (Å²) in [4.78, 5) is 39.5. The van der Waals surface area contributed by atoms with Gasteiger partial charge in [-0.15, -0.1) is 0 Å². The zero-order valence-electron chi connectivity index (χ0n) is 20.0. The van der Waals surface area contributed by atoms with Crippen molar-refractivity contribution in [1.29, 1.82) is 0 Å². The summed E-state index contributed by atoms with van der Waals surface area (Å²) in [7, 11) is -2.76. The van der Waals surface area contributed by atoms with Gasteiger partial charge in [0, 0.05) is 6.04 Å². The van der Waals surface area contributed by atoms with E-state index in [1.165, 1.54) is 35.7 Å². The third-order valence-electron chi connectivity index (χ3n) is 6.76. The molecule has 1 saturated heterocycles. The number of esters is 1. The molecule has 9 heteroatoms. The number of carbonyl (C=O) groups is 3. The number of anilines is 1. The number of hydrogen-bond acceptors (Lipinski definition) is 6. The van der Waals surface area contributed by atoms with E-state index in [2.05, 4.69) is 0 Å². The number of nitrogens with zero attached hydrogens (tertiary/aromatic N) is 2. The van der Waals surface area contributed by atoms with Crippen molar-refractivity contribution in [3.63, 3.8) is 0 Å². The molecule has 1 atom stereocenters. The number of rotatable bonds is 6. The fourth-order valence-corrected chi connectivity index (χ4v) is 6.74. The lowest BCUT2D eigenvalue weighted by Gasteiger charge is -2.33. The Balaban J connectivity index is 1.70. The van der Waals surface area contributed by atoms with E-state index in [9.17, 15) is 22.8 Å². The first-order valence-electron chi connectivity index (χ1n) is 11.9. The third-order valence-corrected chi connectivity index (χ3v) is 8.73. The van der Waals surface area contributed by atoms with Gasteiger partial charge in [-0.2, -0.15) is 4.31 Å². The summed E-state index contributed by atoms with van der Waals surface area (Å²) in [5.74, 6) is -1.57. The van der Waals surface area contributed by atoms with Gasteiger partial charge in [-0.3, -0.25) is 9.59 Å². The van der Waals surface area contributed by atoms with Crippen molar-refractivity contribution < 1.29 is 27.5 Å². The van der Waals surface area contributed by atoms with E-state index < -0.39 is 33.8 Å². The number of hydrogen-bond donors (Lipinski definition) is 0. The zero-order valence-corrected chi connectivity index (χ0v) is 20.8. The standard InChI is InChI=1S/C26H30N2O6S/c1-18-9-15-22(16-10-18)35(32,33)28(21-7-5-3-4-6-8-21)23-17-24(29)27(25(23)30)20-13-11-19(12-14-20)26(31)34-2/h9-16,21,23H,3-8,17H2,1-2H3. The number of sulfonamides is 1. The van der Waals surface area contributed by atoms with Gasteiger partial charge < -0.3 is 4.74 Å². The normalized spacial score (nSPS) is 19.7. The molecule has 0 N–H and O–H groups in total. The van der Waals surface area contributed by atoms with Gasteiger partial charge >= 0.3 is 5.97 Å². The van der Waals surface area contributed by atoms with Crippen molar-refractivity contribution in [3.05, 3.63) is 59.7 Å². The number of amides is 2. The fourth-order valence-electron chi connectivity index (χ4n) is 4.91. The minimum atomic E-state index is -4.03. The molecule has 0 spiro atoms. The van der Waals surface area contributed by atoms with E-state index in [1.54, 1.807) is 24.3 Å². The van der Waals surface area contributed by atoms with Gasteiger partial charge in [0.05, 0.1) is 29.7 Å². The summed E-state index contributed by atoms with van der Waals surface area (Å²) in [6, 6.07) is 11.0. The molecule has 35 heavy (non-hydrogen) atoms. The molecule has 0 radical (unpaired) electrons. The molecule has 0 bridgehead atoms.